The highest BCUT2D eigenvalue weighted by Gasteiger charge is 2.24. The summed E-state index contributed by atoms with van der Waals surface area (Å²) in [5.41, 5.74) is 1.12. The fourth-order valence-electron chi connectivity index (χ4n) is 2.49. The Morgan fingerprint density at radius 2 is 2.38 bits per heavy atom. The zero-order chi connectivity index (χ0) is 11.5. The average molecular weight is 222 g/mol. The van der Waals surface area contributed by atoms with Gasteiger partial charge in [-0.25, -0.2) is 4.98 Å². The molecular formula is C12H22N4. The fraction of sp³-hybridized carbons (Fsp3) is 0.750. The van der Waals surface area contributed by atoms with Crippen molar-refractivity contribution < 1.29 is 0 Å². The third kappa shape index (κ3) is 2.21. The number of anilines is 1. The molecule has 0 spiro atoms. The molecule has 16 heavy (non-hydrogen) atoms. The average Bonchev–Trinajstić information content (AvgIpc) is 2.85. The van der Waals surface area contributed by atoms with Crippen LogP contribution >= 0.6 is 0 Å². The Morgan fingerprint density at radius 1 is 1.56 bits per heavy atom. The third-order valence-electron chi connectivity index (χ3n) is 3.28. The summed E-state index contributed by atoms with van der Waals surface area (Å²) < 4.78 is 2.25. The van der Waals surface area contributed by atoms with Gasteiger partial charge < -0.3 is 14.8 Å². The number of aromatic nitrogens is 2. The fourth-order valence-corrected chi connectivity index (χ4v) is 2.49. The smallest absolute Gasteiger partial charge is 0.205 e. The zero-order valence-electron chi connectivity index (χ0n) is 10.5. The summed E-state index contributed by atoms with van der Waals surface area (Å²) in [6.07, 6.45) is 3.41. The van der Waals surface area contributed by atoms with Gasteiger partial charge in [0.25, 0.3) is 0 Å². The van der Waals surface area contributed by atoms with E-state index in [1.54, 1.807) is 0 Å². The number of imidazole rings is 1. The second-order valence-corrected chi connectivity index (χ2v) is 4.63. The van der Waals surface area contributed by atoms with E-state index in [2.05, 4.69) is 39.8 Å². The highest BCUT2D eigenvalue weighted by atomic mass is 15.3. The van der Waals surface area contributed by atoms with Crippen molar-refractivity contribution in [2.75, 3.05) is 31.6 Å². The molecule has 1 aromatic heterocycles. The minimum absolute atomic E-state index is 0.771. The molecule has 4 nitrogen and oxygen atoms in total. The molecule has 2 rings (SSSR count). The van der Waals surface area contributed by atoms with Gasteiger partial charge in [0.2, 0.25) is 5.95 Å². The number of aryl methyl sites for hydroxylation is 2. The Morgan fingerprint density at radius 3 is 3.06 bits per heavy atom. The number of hydrogen-bond donors (Lipinski definition) is 1. The molecule has 0 aliphatic carbocycles. The van der Waals surface area contributed by atoms with Gasteiger partial charge in [0.1, 0.15) is 0 Å². The van der Waals surface area contributed by atoms with E-state index in [4.69, 9.17) is 0 Å². The minimum atomic E-state index is 0.771. The molecule has 1 aromatic rings. The standard InChI is InChI=1S/C12H22N4/c1-4-15-8-10(2)14-12(15)16-6-5-11(9-16)7-13-3/h8,11,13H,4-7,9H2,1-3H3. The summed E-state index contributed by atoms with van der Waals surface area (Å²) in [5.74, 6) is 1.92. The van der Waals surface area contributed by atoms with Crippen molar-refractivity contribution in [1.82, 2.24) is 14.9 Å². The second-order valence-electron chi connectivity index (χ2n) is 4.63. The van der Waals surface area contributed by atoms with Crippen LogP contribution in [-0.4, -0.2) is 36.2 Å². The lowest BCUT2D eigenvalue weighted by Crippen LogP contribution is -2.26. The van der Waals surface area contributed by atoms with Gasteiger partial charge in [-0.05, 0) is 39.8 Å². The highest BCUT2D eigenvalue weighted by Crippen LogP contribution is 2.22. The highest BCUT2D eigenvalue weighted by molar-refractivity contribution is 5.35. The maximum absolute atomic E-state index is 4.63. The summed E-state index contributed by atoms with van der Waals surface area (Å²) >= 11 is 0. The third-order valence-corrected chi connectivity index (χ3v) is 3.28. The summed E-state index contributed by atoms with van der Waals surface area (Å²) in [6, 6.07) is 0. The minimum Gasteiger partial charge on any atom is -0.342 e. The Bertz CT molecular complexity index is 345. The lowest BCUT2D eigenvalue weighted by atomic mass is 10.1. The maximum Gasteiger partial charge on any atom is 0.205 e. The van der Waals surface area contributed by atoms with Crippen molar-refractivity contribution in [1.29, 1.82) is 0 Å². The second kappa shape index (κ2) is 4.87. The van der Waals surface area contributed by atoms with Crippen molar-refractivity contribution in [3.05, 3.63) is 11.9 Å². The molecule has 4 heteroatoms. The van der Waals surface area contributed by atoms with Crippen LogP contribution in [0.4, 0.5) is 5.95 Å². The topological polar surface area (TPSA) is 33.1 Å². The lowest BCUT2D eigenvalue weighted by Gasteiger charge is -2.18. The molecule has 1 saturated heterocycles. The lowest BCUT2D eigenvalue weighted by molar-refractivity contribution is 0.547. The molecule has 1 unspecified atom stereocenters. The van der Waals surface area contributed by atoms with Crippen LogP contribution < -0.4 is 10.2 Å². The normalized spacial score (nSPS) is 20.7. The summed E-state index contributed by atoms with van der Waals surface area (Å²) in [6.45, 7) is 8.63. The summed E-state index contributed by atoms with van der Waals surface area (Å²) in [4.78, 5) is 7.04. The van der Waals surface area contributed by atoms with Gasteiger partial charge in [-0.2, -0.15) is 0 Å². The molecule has 0 aromatic carbocycles. The first-order valence-corrected chi connectivity index (χ1v) is 6.18. The number of nitrogens with zero attached hydrogens (tertiary/aromatic N) is 3. The monoisotopic (exact) mass is 222 g/mol. The van der Waals surface area contributed by atoms with E-state index in [0.717, 1.165) is 43.7 Å². The van der Waals surface area contributed by atoms with E-state index >= 15 is 0 Å². The van der Waals surface area contributed by atoms with Gasteiger partial charge in [0, 0.05) is 25.8 Å². The molecule has 1 N–H and O–H groups in total. The molecule has 0 bridgehead atoms. The van der Waals surface area contributed by atoms with E-state index in [-0.39, 0.29) is 0 Å². The quantitative estimate of drug-likeness (QED) is 0.832. The van der Waals surface area contributed by atoms with Crippen molar-refractivity contribution >= 4 is 5.95 Å². The van der Waals surface area contributed by atoms with Crippen molar-refractivity contribution in [2.45, 2.75) is 26.8 Å². The van der Waals surface area contributed by atoms with Crippen LogP contribution in [0, 0.1) is 12.8 Å². The summed E-state index contributed by atoms with van der Waals surface area (Å²) in [7, 11) is 2.03. The molecule has 1 aliphatic rings. The SMILES string of the molecule is CCn1cc(C)nc1N1CCC(CNC)C1. The van der Waals surface area contributed by atoms with Gasteiger partial charge in [0.15, 0.2) is 0 Å². The van der Waals surface area contributed by atoms with Gasteiger partial charge >= 0.3 is 0 Å². The van der Waals surface area contributed by atoms with Crippen molar-refractivity contribution in [2.24, 2.45) is 5.92 Å². The largest absolute Gasteiger partial charge is 0.342 e. The van der Waals surface area contributed by atoms with Crippen LogP contribution in [0.2, 0.25) is 0 Å². The maximum atomic E-state index is 4.63. The van der Waals surface area contributed by atoms with Crippen molar-refractivity contribution in [3.63, 3.8) is 0 Å². The van der Waals surface area contributed by atoms with Crippen LogP contribution in [0.15, 0.2) is 6.20 Å². The van der Waals surface area contributed by atoms with Gasteiger partial charge in [0.05, 0.1) is 5.69 Å². The molecular weight excluding hydrogens is 200 g/mol. The first-order valence-electron chi connectivity index (χ1n) is 6.18. The van der Waals surface area contributed by atoms with E-state index < -0.39 is 0 Å². The predicted octanol–water partition coefficient (Wildman–Crippen LogP) is 1.26. The van der Waals surface area contributed by atoms with E-state index in [1.165, 1.54) is 6.42 Å². The first kappa shape index (κ1) is 11.5. The Kier molecular flexibility index (Phi) is 3.49. The predicted molar refractivity (Wildman–Crippen MR) is 66.9 cm³/mol. The van der Waals surface area contributed by atoms with Crippen molar-refractivity contribution in [3.8, 4) is 0 Å². The Hall–Kier alpha value is -1.03. The van der Waals surface area contributed by atoms with Crippen LogP contribution in [-0.2, 0) is 6.54 Å². The molecule has 0 amide bonds. The van der Waals surface area contributed by atoms with E-state index in [1.807, 2.05) is 7.05 Å². The van der Waals surface area contributed by atoms with Crippen LogP contribution in [0.5, 0.6) is 0 Å². The number of rotatable bonds is 4. The molecule has 1 fully saturated rings. The first-order chi connectivity index (χ1) is 7.74. The molecule has 1 aliphatic heterocycles. The molecule has 2 heterocycles. The molecule has 90 valence electrons. The van der Waals surface area contributed by atoms with Gasteiger partial charge in [-0.1, -0.05) is 0 Å². The molecule has 0 saturated carbocycles. The summed E-state index contributed by atoms with van der Waals surface area (Å²) in [5, 5.41) is 3.26. The Balaban J connectivity index is 2.07. The number of hydrogen-bond acceptors (Lipinski definition) is 3. The number of nitrogens with one attached hydrogen (secondary N) is 1. The Labute approximate surface area is 97.7 Å². The van der Waals surface area contributed by atoms with Crippen LogP contribution in [0.3, 0.4) is 0 Å². The molecule has 0 radical (unpaired) electrons. The van der Waals surface area contributed by atoms with Gasteiger partial charge in [-0.15, -0.1) is 0 Å². The van der Waals surface area contributed by atoms with Crippen LogP contribution in [0.25, 0.3) is 0 Å². The van der Waals surface area contributed by atoms with Crippen LogP contribution in [0.1, 0.15) is 19.0 Å². The molecule has 1 atom stereocenters. The van der Waals surface area contributed by atoms with Gasteiger partial charge in [-0.3, -0.25) is 0 Å². The van der Waals surface area contributed by atoms with E-state index in [0.29, 0.717) is 0 Å². The zero-order valence-corrected chi connectivity index (χ0v) is 10.5. The van der Waals surface area contributed by atoms with E-state index in [9.17, 15) is 0 Å².